The minimum atomic E-state index is -0.296. The second-order valence-electron chi connectivity index (χ2n) is 4.88. The molecule has 0 aliphatic heterocycles. The smallest absolute Gasteiger partial charge is 0.311 e. The zero-order valence-corrected chi connectivity index (χ0v) is 15.7. The van der Waals surface area contributed by atoms with Crippen molar-refractivity contribution in [3.05, 3.63) is 39.9 Å². The molecule has 5 nitrogen and oxygen atoms in total. The van der Waals surface area contributed by atoms with Gasteiger partial charge in [-0.05, 0) is 37.6 Å². The van der Waals surface area contributed by atoms with Crippen LogP contribution < -0.4 is 5.32 Å². The molecule has 1 aromatic heterocycles. The maximum atomic E-state index is 12.0. The van der Waals surface area contributed by atoms with Crippen LogP contribution in [0.1, 0.15) is 18.2 Å². The van der Waals surface area contributed by atoms with E-state index in [1.165, 1.54) is 23.1 Å². The predicted molar refractivity (Wildman–Crippen MR) is 98.0 cm³/mol. The summed E-state index contributed by atoms with van der Waals surface area (Å²) < 4.78 is 5.63. The predicted octanol–water partition coefficient (Wildman–Crippen LogP) is 3.94. The number of amides is 1. The lowest BCUT2D eigenvalue weighted by molar-refractivity contribution is -0.142. The number of halogens is 1. The lowest BCUT2D eigenvalue weighted by atomic mass is 10.2. The topological polar surface area (TPSA) is 68.3 Å². The molecule has 2 aromatic rings. The lowest BCUT2D eigenvalue weighted by Gasteiger charge is -2.07. The molecular weight excluding hydrogens is 368 g/mol. The Morgan fingerprint density at radius 1 is 1.42 bits per heavy atom. The highest BCUT2D eigenvalue weighted by molar-refractivity contribution is 8.01. The number of carbonyl (C=O) groups excluding carboxylic acids is 2. The van der Waals surface area contributed by atoms with Gasteiger partial charge in [0, 0.05) is 16.1 Å². The van der Waals surface area contributed by atoms with E-state index in [1.54, 1.807) is 30.5 Å². The molecule has 0 saturated carbocycles. The van der Waals surface area contributed by atoms with Gasteiger partial charge in [0.2, 0.25) is 5.91 Å². The first-order valence-electron chi connectivity index (χ1n) is 7.26. The van der Waals surface area contributed by atoms with Crippen molar-refractivity contribution >= 4 is 52.3 Å². The Morgan fingerprint density at radius 3 is 2.92 bits per heavy atom. The van der Waals surface area contributed by atoms with E-state index in [4.69, 9.17) is 16.3 Å². The number of benzene rings is 1. The first-order chi connectivity index (χ1) is 11.5. The Kier molecular flexibility index (Phi) is 7.08. The number of aryl methyl sites for hydroxylation is 1. The number of esters is 1. The van der Waals surface area contributed by atoms with Crippen molar-refractivity contribution < 1.29 is 14.3 Å². The van der Waals surface area contributed by atoms with Crippen LogP contribution in [-0.4, -0.2) is 29.2 Å². The molecule has 0 radical (unpaired) electrons. The Bertz CT molecular complexity index is 734. The van der Waals surface area contributed by atoms with Crippen LogP contribution in [0.4, 0.5) is 5.69 Å². The fourth-order valence-corrected chi connectivity index (χ4v) is 3.75. The number of nitrogens with zero attached hydrogens (tertiary/aromatic N) is 1. The number of anilines is 1. The zero-order chi connectivity index (χ0) is 17.5. The van der Waals surface area contributed by atoms with E-state index >= 15 is 0 Å². The summed E-state index contributed by atoms with van der Waals surface area (Å²) >= 11 is 8.64. The average Bonchev–Trinajstić information content (AvgIpc) is 2.96. The quantitative estimate of drug-likeness (QED) is 0.578. The van der Waals surface area contributed by atoms with E-state index < -0.39 is 0 Å². The first-order valence-corrected chi connectivity index (χ1v) is 9.51. The molecule has 8 heteroatoms. The summed E-state index contributed by atoms with van der Waals surface area (Å²) in [5.74, 6) is -0.170. The van der Waals surface area contributed by atoms with Crippen LogP contribution in [0.25, 0.3) is 0 Å². The highest BCUT2D eigenvalue weighted by Crippen LogP contribution is 2.24. The third-order valence-corrected chi connectivity index (χ3v) is 5.26. The standard InChI is InChI=1S/C16H17ClN2O3S2/c1-3-22-15(21)7-12-8-23-16(18-12)24-9-14(20)19-13-5-4-11(17)6-10(13)2/h4-6,8H,3,7,9H2,1-2H3,(H,19,20). The van der Waals surface area contributed by atoms with Crippen molar-refractivity contribution in [2.75, 3.05) is 17.7 Å². The highest BCUT2D eigenvalue weighted by atomic mass is 35.5. The van der Waals surface area contributed by atoms with Gasteiger partial charge in [-0.25, -0.2) is 4.98 Å². The molecule has 2 rings (SSSR count). The van der Waals surface area contributed by atoms with E-state index in [2.05, 4.69) is 10.3 Å². The molecule has 0 unspecified atom stereocenters. The number of hydrogen-bond acceptors (Lipinski definition) is 6. The van der Waals surface area contributed by atoms with Crippen LogP contribution in [0.2, 0.25) is 5.02 Å². The van der Waals surface area contributed by atoms with Crippen LogP contribution in [0.15, 0.2) is 27.9 Å². The van der Waals surface area contributed by atoms with Gasteiger partial charge in [0.25, 0.3) is 0 Å². The number of ether oxygens (including phenoxy) is 1. The second kappa shape index (κ2) is 9.05. The van der Waals surface area contributed by atoms with E-state index in [0.29, 0.717) is 17.3 Å². The fourth-order valence-electron chi connectivity index (χ4n) is 1.88. The maximum absolute atomic E-state index is 12.0. The normalized spacial score (nSPS) is 10.5. The molecule has 0 aliphatic rings. The lowest BCUT2D eigenvalue weighted by Crippen LogP contribution is -2.14. The molecule has 1 amide bonds. The highest BCUT2D eigenvalue weighted by Gasteiger charge is 2.11. The minimum Gasteiger partial charge on any atom is -0.466 e. The number of aromatic nitrogens is 1. The third kappa shape index (κ3) is 5.81. The van der Waals surface area contributed by atoms with Gasteiger partial charge in [0.15, 0.2) is 4.34 Å². The number of carbonyl (C=O) groups is 2. The largest absolute Gasteiger partial charge is 0.466 e. The summed E-state index contributed by atoms with van der Waals surface area (Å²) in [6.45, 7) is 4.01. The Labute approximate surface area is 153 Å². The van der Waals surface area contributed by atoms with Crippen molar-refractivity contribution in [3.8, 4) is 0 Å². The SMILES string of the molecule is CCOC(=O)Cc1csc(SCC(=O)Nc2ccc(Cl)cc2C)n1. The van der Waals surface area contributed by atoms with Gasteiger partial charge in [-0.1, -0.05) is 23.4 Å². The van der Waals surface area contributed by atoms with Crippen LogP contribution in [-0.2, 0) is 20.7 Å². The Morgan fingerprint density at radius 2 is 2.21 bits per heavy atom. The first kappa shape index (κ1) is 18.8. The van der Waals surface area contributed by atoms with Crippen molar-refractivity contribution in [2.24, 2.45) is 0 Å². The number of thioether (sulfide) groups is 1. The van der Waals surface area contributed by atoms with Gasteiger partial charge in [-0.2, -0.15) is 0 Å². The summed E-state index contributed by atoms with van der Waals surface area (Å²) in [6, 6.07) is 5.31. The minimum absolute atomic E-state index is 0.118. The van der Waals surface area contributed by atoms with Crippen molar-refractivity contribution in [1.29, 1.82) is 0 Å². The second-order valence-corrected chi connectivity index (χ2v) is 7.40. The van der Waals surface area contributed by atoms with Gasteiger partial charge in [-0.15, -0.1) is 11.3 Å². The van der Waals surface area contributed by atoms with Gasteiger partial charge >= 0.3 is 5.97 Å². The fraction of sp³-hybridized carbons (Fsp3) is 0.312. The summed E-state index contributed by atoms with van der Waals surface area (Å²) in [7, 11) is 0. The average molecular weight is 385 g/mol. The van der Waals surface area contributed by atoms with Gasteiger partial charge < -0.3 is 10.1 Å². The Hall–Kier alpha value is -1.57. The molecule has 1 heterocycles. The van der Waals surface area contributed by atoms with Crippen LogP contribution in [0, 0.1) is 6.92 Å². The molecule has 0 aliphatic carbocycles. The molecular formula is C16H17ClN2O3S2. The van der Waals surface area contributed by atoms with Crippen molar-refractivity contribution in [2.45, 2.75) is 24.6 Å². The van der Waals surface area contributed by atoms with Crippen molar-refractivity contribution in [1.82, 2.24) is 4.98 Å². The summed E-state index contributed by atoms with van der Waals surface area (Å²) in [5.41, 5.74) is 2.31. The monoisotopic (exact) mass is 384 g/mol. The molecule has 1 aromatic carbocycles. The van der Waals surface area contributed by atoms with Crippen LogP contribution in [0.3, 0.4) is 0 Å². The maximum Gasteiger partial charge on any atom is 0.311 e. The third-order valence-electron chi connectivity index (χ3n) is 2.95. The molecule has 1 N–H and O–H groups in total. The Balaban J connectivity index is 1.83. The molecule has 0 saturated heterocycles. The van der Waals surface area contributed by atoms with E-state index in [1.807, 2.05) is 6.92 Å². The van der Waals surface area contributed by atoms with E-state index in [9.17, 15) is 9.59 Å². The van der Waals surface area contributed by atoms with E-state index in [-0.39, 0.29) is 24.1 Å². The molecule has 0 fully saturated rings. The molecule has 0 spiro atoms. The van der Waals surface area contributed by atoms with Crippen LogP contribution >= 0.6 is 34.7 Å². The van der Waals surface area contributed by atoms with Gasteiger partial charge in [0.05, 0.1) is 24.5 Å². The van der Waals surface area contributed by atoms with Gasteiger partial charge in [-0.3, -0.25) is 9.59 Å². The number of hydrogen-bond donors (Lipinski definition) is 1. The summed E-state index contributed by atoms with van der Waals surface area (Å²) in [5, 5.41) is 5.29. The van der Waals surface area contributed by atoms with Crippen LogP contribution in [0.5, 0.6) is 0 Å². The van der Waals surface area contributed by atoms with Crippen molar-refractivity contribution in [3.63, 3.8) is 0 Å². The number of rotatable bonds is 7. The van der Waals surface area contributed by atoms with Gasteiger partial charge in [0.1, 0.15) is 0 Å². The molecule has 128 valence electrons. The van der Waals surface area contributed by atoms with E-state index in [0.717, 1.165) is 15.6 Å². The summed E-state index contributed by atoms with van der Waals surface area (Å²) in [4.78, 5) is 27.8. The number of nitrogens with one attached hydrogen (secondary N) is 1. The summed E-state index contributed by atoms with van der Waals surface area (Å²) in [6.07, 6.45) is 0.154. The number of thiazole rings is 1. The molecule has 24 heavy (non-hydrogen) atoms. The molecule has 0 atom stereocenters. The molecule has 0 bridgehead atoms. The zero-order valence-electron chi connectivity index (χ0n) is 13.3.